The minimum atomic E-state index is -0.0673. The van der Waals surface area contributed by atoms with E-state index in [9.17, 15) is 4.79 Å². The molecule has 0 aliphatic heterocycles. The van der Waals surface area contributed by atoms with Crippen molar-refractivity contribution >= 4 is 11.7 Å². The van der Waals surface area contributed by atoms with Crippen LogP contribution in [-0.4, -0.2) is 49.0 Å². The van der Waals surface area contributed by atoms with Crippen LogP contribution in [0.15, 0.2) is 18.3 Å². The molecule has 2 N–H and O–H groups in total. The van der Waals surface area contributed by atoms with Gasteiger partial charge in [0.15, 0.2) is 0 Å². The Hall–Kier alpha value is -1.62. The SMILES string of the molecule is CC(C)Nc1ccc(C(=O)NCCCN(C)C)cn1. The van der Waals surface area contributed by atoms with Gasteiger partial charge >= 0.3 is 0 Å². The largest absolute Gasteiger partial charge is 0.368 e. The summed E-state index contributed by atoms with van der Waals surface area (Å²) in [4.78, 5) is 18.2. The summed E-state index contributed by atoms with van der Waals surface area (Å²) in [7, 11) is 4.04. The smallest absolute Gasteiger partial charge is 0.252 e. The maximum absolute atomic E-state index is 11.8. The molecular weight excluding hydrogens is 240 g/mol. The van der Waals surface area contributed by atoms with Crippen LogP contribution in [0.2, 0.25) is 0 Å². The molecule has 0 saturated heterocycles. The minimum absolute atomic E-state index is 0.0673. The molecule has 0 saturated carbocycles. The van der Waals surface area contributed by atoms with Crippen molar-refractivity contribution in [1.82, 2.24) is 15.2 Å². The zero-order valence-electron chi connectivity index (χ0n) is 12.2. The third kappa shape index (κ3) is 6.20. The van der Waals surface area contributed by atoms with Crippen molar-refractivity contribution in [1.29, 1.82) is 0 Å². The second kappa shape index (κ2) is 7.74. The number of nitrogens with zero attached hydrogens (tertiary/aromatic N) is 2. The second-order valence-electron chi connectivity index (χ2n) is 5.14. The molecule has 0 aliphatic carbocycles. The van der Waals surface area contributed by atoms with Crippen molar-refractivity contribution < 1.29 is 4.79 Å². The van der Waals surface area contributed by atoms with Crippen LogP contribution in [0.5, 0.6) is 0 Å². The summed E-state index contributed by atoms with van der Waals surface area (Å²) >= 11 is 0. The average Bonchev–Trinajstić information content (AvgIpc) is 2.34. The molecular formula is C14H24N4O. The summed E-state index contributed by atoms with van der Waals surface area (Å²) in [5.41, 5.74) is 0.596. The van der Waals surface area contributed by atoms with Crippen LogP contribution in [0.3, 0.4) is 0 Å². The highest BCUT2D eigenvalue weighted by Crippen LogP contribution is 2.06. The molecule has 0 aromatic carbocycles. The van der Waals surface area contributed by atoms with E-state index in [4.69, 9.17) is 0 Å². The lowest BCUT2D eigenvalue weighted by atomic mass is 10.2. The van der Waals surface area contributed by atoms with Crippen molar-refractivity contribution in [3.8, 4) is 0 Å². The van der Waals surface area contributed by atoms with E-state index in [0.717, 1.165) is 18.8 Å². The van der Waals surface area contributed by atoms with E-state index in [2.05, 4.69) is 20.5 Å². The number of aromatic nitrogens is 1. The zero-order chi connectivity index (χ0) is 14.3. The highest BCUT2D eigenvalue weighted by Gasteiger charge is 2.05. The monoisotopic (exact) mass is 264 g/mol. The molecule has 1 aromatic rings. The van der Waals surface area contributed by atoms with Crippen molar-refractivity contribution in [2.75, 3.05) is 32.5 Å². The van der Waals surface area contributed by atoms with Crippen LogP contribution in [0, 0.1) is 0 Å². The number of carbonyl (C=O) groups is 1. The average molecular weight is 264 g/mol. The van der Waals surface area contributed by atoms with Crippen LogP contribution >= 0.6 is 0 Å². The lowest BCUT2D eigenvalue weighted by molar-refractivity contribution is 0.0952. The van der Waals surface area contributed by atoms with Gasteiger partial charge in [0.1, 0.15) is 5.82 Å². The molecule has 0 unspecified atom stereocenters. The number of amides is 1. The van der Waals surface area contributed by atoms with Crippen molar-refractivity contribution in [2.24, 2.45) is 0 Å². The highest BCUT2D eigenvalue weighted by molar-refractivity contribution is 5.94. The van der Waals surface area contributed by atoms with Gasteiger partial charge in [-0.05, 0) is 53.0 Å². The lowest BCUT2D eigenvalue weighted by Gasteiger charge is -2.11. The molecule has 1 amide bonds. The molecule has 0 aliphatic rings. The van der Waals surface area contributed by atoms with E-state index >= 15 is 0 Å². The first-order valence-electron chi connectivity index (χ1n) is 6.64. The van der Waals surface area contributed by atoms with Crippen molar-refractivity contribution in [3.63, 3.8) is 0 Å². The Morgan fingerprint density at radius 2 is 2.11 bits per heavy atom. The zero-order valence-corrected chi connectivity index (χ0v) is 12.2. The molecule has 0 fully saturated rings. The summed E-state index contributed by atoms with van der Waals surface area (Å²) in [6, 6.07) is 3.95. The van der Waals surface area contributed by atoms with Crippen molar-refractivity contribution in [2.45, 2.75) is 26.3 Å². The molecule has 1 rings (SSSR count). The number of anilines is 1. The van der Waals surface area contributed by atoms with Gasteiger partial charge in [-0.1, -0.05) is 0 Å². The van der Waals surface area contributed by atoms with Gasteiger partial charge in [0.25, 0.3) is 5.91 Å². The fraction of sp³-hybridized carbons (Fsp3) is 0.571. The standard InChI is InChI=1S/C14H24N4O/c1-11(2)17-13-7-6-12(10-16-13)14(19)15-8-5-9-18(3)4/h6-7,10-11H,5,8-9H2,1-4H3,(H,15,19)(H,16,17). The van der Waals surface area contributed by atoms with Crippen LogP contribution in [0.4, 0.5) is 5.82 Å². The topological polar surface area (TPSA) is 57.3 Å². The fourth-order valence-electron chi connectivity index (χ4n) is 1.61. The Bertz CT molecular complexity index is 387. The van der Waals surface area contributed by atoms with Gasteiger partial charge < -0.3 is 15.5 Å². The van der Waals surface area contributed by atoms with Crippen molar-refractivity contribution in [3.05, 3.63) is 23.9 Å². The molecule has 0 spiro atoms. The van der Waals surface area contributed by atoms with Gasteiger partial charge in [-0.25, -0.2) is 4.98 Å². The first kappa shape index (κ1) is 15.4. The maximum Gasteiger partial charge on any atom is 0.252 e. The Labute approximate surface area is 115 Å². The maximum atomic E-state index is 11.8. The molecule has 5 heteroatoms. The third-order valence-corrected chi connectivity index (χ3v) is 2.53. The van der Waals surface area contributed by atoms with Gasteiger partial charge in [-0.2, -0.15) is 0 Å². The predicted octanol–water partition coefficient (Wildman–Crippen LogP) is 1.58. The Kier molecular flexibility index (Phi) is 6.29. The highest BCUT2D eigenvalue weighted by atomic mass is 16.1. The van der Waals surface area contributed by atoms with Gasteiger partial charge in [-0.15, -0.1) is 0 Å². The first-order chi connectivity index (χ1) is 8.99. The lowest BCUT2D eigenvalue weighted by Crippen LogP contribution is -2.27. The number of hydrogen-bond donors (Lipinski definition) is 2. The van der Waals surface area contributed by atoms with E-state index in [1.54, 1.807) is 12.3 Å². The van der Waals surface area contributed by atoms with E-state index < -0.39 is 0 Å². The summed E-state index contributed by atoms with van der Waals surface area (Å²) in [6.45, 7) is 5.75. The Balaban J connectivity index is 2.40. The Morgan fingerprint density at radius 1 is 1.37 bits per heavy atom. The van der Waals surface area contributed by atoms with E-state index in [1.165, 1.54) is 0 Å². The summed E-state index contributed by atoms with van der Waals surface area (Å²) in [5.74, 6) is 0.724. The quantitative estimate of drug-likeness (QED) is 0.734. The normalized spacial score (nSPS) is 10.8. The van der Waals surface area contributed by atoms with E-state index in [-0.39, 0.29) is 5.91 Å². The van der Waals surface area contributed by atoms with E-state index in [0.29, 0.717) is 18.2 Å². The van der Waals surface area contributed by atoms with Gasteiger partial charge in [-0.3, -0.25) is 4.79 Å². The molecule has 106 valence electrons. The van der Waals surface area contributed by atoms with E-state index in [1.807, 2.05) is 34.0 Å². The number of hydrogen-bond acceptors (Lipinski definition) is 4. The van der Waals surface area contributed by atoms with Crippen LogP contribution in [0.25, 0.3) is 0 Å². The van der Waals surface area contributed by atoms with Crippen LogP contribution in [-0.2, 0) is 0 Å². The van der Waals surface area contributed by atoms with Crippen LogP contribution < -0.4 is 10.6 Å². The third-order valence-electron chi connectivity index (χ3n) is 2.53. The number of rotatable bonds is 7. The minimum Gasteiger partial charge on any atom is -0.368 e. The fourth-order valence-corrected chi connectivity index (χ4v) is 1.61. The first-order valence-corrected chi connectivity index (χ1v) is 6.64. The summed E-state index contributed by atoms with van der Waals surface area (Å²) < 4.78 is 0. The van der Waals surface area contributed by atoms with Gasteiger partial charge in [0.2, 0.25) is 0 Å². The Morgan fingerprint density at radius 3 is 2.63 bits per heavy atom. The summed E-state index contributed by atoms with van der Waals surface area (Å²) in [6.07, 6.45) is 2.55. The number of carbonyl (C=O) groups excluding carboxylic acids is 1. The molecule has 0 bridgehead atoms. The molecule has 5 nitrogen and oxygen atoms in total. The van der Waals surface area contributed by atoms with Crippen LogP contribution in [0.1, 0.15) is 30.6 Å². The number of pyridine rings is 1. The molecule has 19 heavy (non-hydrogen) atoms. The molecule has 1 aromatic heterocycles. The molecule has 0 atom stereocenters. The number of nitrogens with one attached hydrogen (secondary N) is 2. The predicted molar refractivity (Wildman–Crippen MR) is 78.5 cm³/mol. The second-order valence-corrected chi connectivity index (χ2v) is 5.14. The van der Waals surface area contributed by atoms with Gasteiger partial charge in [0.05, 0.1) is 5.56 Å². The summed E-state index contributed by atoms with van der Waals surface area (Å²) in [5, 5.41) is 6.08. The van der Waals surface area contributed by atoms with Gasteiger partial charge in [0, 0.05) is 18.8 Å². The molecule has 1 heterocycles. The molecule has 0 radical (unpaired) electrons.